The van der Waals surface area contributed by atoms with Crippen LogP contribution in [0.25, 0.3) is 6.08 Å². The number of thioether (sulfide) groups is 1. The number of carboxylic acids is 1. The Kier molecular flexibility index (Phi) is 5.57. The maximum atomic E-state index is 12.4. The van der Waals surface area contributed by atoms with Gasteiger partial charge < -0.3 is 14.6 Å². The summed E-state index contributed by atoms with van der Waals surface area (Å²) in [6.07, 6.45) is 3.26. The molecular weight excluding hydrogens is 334 g/mol. The van der Waals surface area contributed by atoms with Crippen LogP contribution in [0.4, 0.5) is 0 Å². The number of nitrogens with zero attached hydrogens (tertiary/aromatic N) is 1. The molecule has 1 atom stereocenters. The van der Waals surface area contributed by atoms with Crippen LogP contribution < -0.4 is 9.84 Å². The number of amides is 1. The Morgan fingerprint density at radius 1 is 1.52 bits per heavy atom. The molecule has 0 unspecified atom stereocenters. The topological polar surface area (TPSA) is 69.7 Å². The number of ether oxygens (including phenoxy) is 1. The van der Waals surface area contributed by atoms with E-state index < -0.39 is 17.9 Å². The first-order chi connectivity index (χ1) is 11.0. The first-order valence-corrected chi connectivity index (χ1v) is 7.98. The minimum Gasteiger partial charge on any atom is -0.548 e. The molecule has 23 heavy (non-hydrogen) atoms. The van der Waals surface area contributed by atoms with E-state index in [1.54, 1.807) is 24.3 Å². The molecule has 2 rings (SSSR count). The maximum absolute atomic E-state index is 12.4. The van der Waals surface area contributed by atoms with E-state index in [1.165, 1.54) is 6.92 Å². The molecule has 0 aromatic heterocycles. The maximum Gasteiger partial charge on any atom is 0.266 e. The smallest absolute Gasteiger partial charge is 0.266 e. The molecular formula is C16H14NO4S2-. The van der Waals surface area contributed by atoms with E-state index in [0.29, 0.717) is 22.8 Å². The van der Waals surface area contributed by atoms with Crippen molar-refractivity contribution >= 4 is 46.3 Å². The lowest BCUT2D eigenvalue weighted by Gasteiger charge is -2.23. The Balaban J connectivity index is 2.31. The van der Waals surface area contributed by atoms with Crippen molar-refractivity contribution in [3.63, 3.8) is 0 Å². The summed E-state index contributed by atoms with van der Waals surface area (Å²) in [5.41, 5.74) is 0.705. The van der Waals surface area contributed by atoms with Gasteiger partial charge in [-0.05, 0) is 19.1 Å². The van der Waals surface area contributed by atoms with Gasteiger partial charge in [0, 0.05) is 5.56 Å². The van der Waals surface area contributed by atoms with E-state index in [0.717, 1.165) is 16.7 Å². The van der Waals surface area contributed by atoms with Gasteiger partial charge in [0.05, 0.1) is 16.9 Å². The molecule has 1 saturated heterocycles. The van der Waals surface area contributed by atoms with E-state index in [9.17, 15) is 14.7 Å². The normalized spacial score (nSPS) is 17.4. The average Bonchev–Trinajstić information content (AvgIpc) is 2.79. The number of rotatable bonds is 6. The molecule has 1 aliphatic rings. The van der Waals surface area contributed by atoms with Crippen molar-refractivity contribution in [3.8, 4) is 5.75 Å². The Morgan fingerprint density at radius 2 is 2.22 bits per heavy atom. The van der Waals surface area contributed by atoms with Crippen LogP contribution >= 0.6 is 24.0 Å². The SMILES string of the molecule is C=CCOc1ccccc1/C=C1\SC(=S)N([C@H](C)C(=O)[O-])C1=O. The third-order valence-electron chi connectivity index (χ3n) is 3.11. The third-order valence-corrected chi connectivity index (χ3v) is 4.44. The minimum atomic E-state index is -1.35. The van der Waals surface area contributed by atoms with E-state index in [-0.39, 0.29) is 4.32 Å². The molecule has 1 aliphatic heterocycles. The molecule has 7 heteroatoms. The molecule has 0 spiro atoms. The largest absolute Gasteiger partial charge is 0.548 e. The number of thiocarbonyl (C=S) groups is 1. The van der Waals surface area contributed by atoms with Crippen molar-refractivity contribution in [2.45, 2.75) is 13.0 Å². The van der Waals surface area contributed by atoms with Gasteiger partial charge in [-0.2, -0.15) is 0 Å². The fraction of sp³-hybridized carbons (Fsp3) is 0.188. The van der Waals surface area contributed by atoms with Crippen LogP contribution in [0.5, 0.6) is 5.75 Å². The second kappa shape index (κ2) is 7.43. The second-order valence-electron chi connectivity index (χ2n) is 4.68. The van der Waals surface area contributed by atoms with Gasteiger partial charge in [-0.15, -0.1) is 0 Å². The number of para-hydroxylation sites is 1. The van der Waals surface area contributed by atoms with Gasteiger partial charge in [0.2, 0.25) is 0 Å². The van der Waals surface area contributed by atoms with Crippen molar-refractivity contribution < 1.29 is 19.4 Å². The lowest BCUT2D eigenvalue weighted by molar-refractivity contribution is -0.309. The number of hydrogen-bond acceptors (Lipinski definition) is 6. The minimum absolute atomic E-state index is 0.197. The van der Waals surface area contributed by atoms with Crippen LogP contribution in [0.15, 0.2) is 41.8 Å². The van der Waals surface area contributed by atoms with Gasteiger partial charge in [0.25, 0.3) is 5.91 Å². The molecule has 0 aliphatic carbocycles. The van der Waals surface area contributed by atoms with Crippen molar-refractivity contribution in [2.24, 2.45) is 0 Å². The molecule has 0 radical (unpaired) electrons. The number of benzene rings is 1. The molecule has 0 saturated carbocycles. The first-order valence-electron chi connectivity index (χ1n) is 6.76. The number of carbonyl (C=O) groups is 2. The Labute approximate surface area is 143 Å². The van der Waals surface area contributed by atoms with Gasteiger partial charge in [0.15, 0.2) is 0 Å². The fourth-order valence-corrected chi connectivity index (χ4v) is 3.35. The lowest BCUT2D eigenvalue weighted by Crippen LogP contribution is -2.48. The van der Waals surface area contributed by atoms with Crippen LogP contribution in [0.3, 0.4) is 0 Å². The van der Waals surface area contributed by atoms with Crippen molar-refractivity contribution in [2.75, 3.05) is 6.61 Å². The summed E-state index contributed by atoms with van der Waals surface area (Å²) in [7, 11) is 0. The predicted molar refractivity (Wildman–Crippen MR) is 91.6 cm³/mol. The quantitative estimate of drug-likeness (QED) is 0.442. The van der Waals surface area contributed by atoms with Crippen molar-refractivity contribution in [1.82, 2.24) is 4.90 Å². The zero-order chi connectivity index (χ0) is 17.0. The van der Waals surface area contributed by atoms with Crippen LogP contribution in [-0.2, 0) is 9.59 Å². The van der Waals surface area contributed by atoms with Gasteiger partial charge in [-0.1, -0.05) is 54.8 Å². The first kappa shape index (κ1) is 17.2. The molecule has 5 nitrogen and oxygen atoms in total. The highest BCUT2D eigenvalue weighted by molar-refractivity contribution is 8.26. The number of hydrogen-bond donors (Lipinski definition) is 0. The number of carboxylic acid groups (broad SMARTS) is 1. The summed E-state index contributed by atoms with van der Waals surface area (Å²) >= 11 is 6.16. The van der Waals surface area contributed by atoms with E-state index in [2.05, 4.69) is 6.58 Å². The highest BCUT2D eigenvalue weighted by Gasteiger charge is 2.35. The predicted octanol–water partition coefficient (Wildman–Crippen LogP) is 1.59. The van der Waals surface area contributed by atoms with Crippen LogP contribution in [0.1, 0.15) is 12.5 Å². The lowest BCUT2D eigenvalue weighted by atomic mass is 10.2. The Bertz CT molecular complexity index is 699. The molecule has 0 bridgehead atoms. The summed E-state index contributed by atoms with van der Waals surface area (Å²) < 4.78 is 5.73. The summed E-state index contributed by atoms with van der Waals surface area (Å²) in [6.45, 7) is 5.30. The van der Waals surface area contributed by atoms with E-state index >= 15 is 0 Å². The highest BCUT2D eigenvalue weighted by atomic mass is 32.2. The Morgan fingerprint density at radius 3 is 2.87 bits per heavy atom. The average molecular weight is 348 g/mol. The zero-order valence-electron chi connectivity index (χ0n) is 12.4. The van der Waals surface area contributed by atoms with Gasteiger partial charge >= 0.3 is 0 Å². The van der Waals surface area contributed by atoms with E-state index in [1.807, 2.05) is 12.1 Å². The molecule has 1 heterocycles. The molecule has 1 aromatic carbocycles. The monoisotopic (exact) mass is 348 g/mol. The van der Waals surface area contributed by atoms with Crippen LogP contribution in [0, 0.1) is 0 Å². The fourth-order valence-electron chi connectivity index (χ4n) is 1.94. The second-order valence-corrected chi connectivity index (χ2v) is 6.36. The van der Waals surface area contributed by atoms with E-state index in [4.69, 9.17) is 17.0 Å². The van der Waals surface area contributed by atoms with Crippen LogP contribution in [-0.4, -0.2) is 33.7 Å². The third kappa shape index (κ3) is 3.80. The molecule has 1 aromatic rings. The van der Waals surface area contributed by atoms with Crippen LogP contribution in [0.2, 0.25) is 0 Å². The summed E-state index contributed by atoms with van der Waals surface area (Å²) in [5.74, 6) is -1.20. The van der Waals surface area contributed by atoms with Gasteiger partial charge in [-0.25, -0.2) is 0 Å². The molecule has 1 amide bonds. The standard InChI is InChI=1S/C16H15NO4S2/c1-3-8-21-12-7-5-4-6-11(12)9-13-14(18)17(16(22)23-13)10(2)15(19)20/h3-7,9-10H,1,8H2,2H3,(H,19,20)/p-1/b13-9-/t10-/m1/s1. The Hall–Kier alpha value is -2.12. The molecule has 1 fully saturated rings. The number of carbonyl (C=O) groups excluding carboxylic acids is 2. The number of aliphatic carboxylic acids is 1. The van der Waals surface area contributed by atoms with Gasteiger partial charge in [-0.3, -0.25) is 9.69 Å². The highest BCUT2D eigenvalue weighted by Crippen LogP contribution is 2.35. The molecule has 120 valence electrons. The summed E-state index contributed by atoms with van der Waals surface area (Å²) in [4.78, 5) is 24.8. The summed E-state index contributed by atoms with van der Waals surface area (Å²) in [6, 6.07) is 6.10. The van der Waals surface area contributed by atoms with Gasteiger partial charge in [0.1, 0.15) is 16.7 Å². The molecule has 0 N–H and O–H groups in total. The van der Waals surface area contributed by atoms with Crippen molar-refractivity contribution in [1.29, 1.82) is 0 Å². The zero-order valence-corrected chi connectivity index (χ0v) is 14.0. The summed E-state index contributed by atoms with van der Waals surface area (Å²) in [5, 5.41) is 11.0. The van der Waals surface area contributed by atoms with Crippen molar-refractivity contribution in [3.05, 3.63) is 47.4 Å².